The van der Waals surface area contributed by atoms with Gasteiger partial charge in [-0.2, -0.15) is 10.5 Å². The molecule has 12 heteroatoms. The number of carbonyl (C=O) groups excluding carboxylic acids is 3. The summed E-state index contributed by atoms with van der Waals surface area (Å²) in [6, 6.07) is 9.88. The van der Waals surface area contributed by atoms with Crippen LogP contribution in [0.4, 0.5) is 5.69 Å². The average molecular weight is 577 g/mol. The Balaban J connectivity index is 0.000000237. The molecule has 10 nitrogen and oxygen atoms in total. The van der Waals surface area contributed by atoms with Crippen LogP contribution in [0.2, 0.25) is 0 Å². The first-order valence-electron chi connectivity index (χ1n) is 9.24. The quantitative estimate of drug-likeness (QED) is 0.408. The van der Waals surface area contributed by atoms with Gasteiger partial charge in [0.25, 0.3) is 0 Å². The van der Waals surface area contributed by atoms with E-state index in [4.69, 9.17) is 15.3 Å². The van der Waals surface area contributed by atoms with E-state index in [2.05, 4.69) is 47.1 Å². The molecule has 0 fully saturated rings. The lowest BCUT2D eigenvalue weighted by Crippen LogP contribution is -2.16. The van der Waals surface area contributed by atoms with Crippen LogP contribution < -0.4 is 5.32 Å². The molecule has 0 bridgehead atoms. The summed E-state index contributed by atoms with van der Waals surface area (Å²) in [7, 11) is 0. The number of pyridine rings is 2. The van der Waals surface area contributed by atoms with Crippen LogP contribution in [0.25, 0.3) is 5.76 Å². The molecule has 0 saturated carbocycles. The Bertz CT molecular complexity index is 1230. The number of rotatable bonds is 4. The predicted octanol–water partition coefficient (Wildman–Crippen LogP) is 3.63. The monoisotopic (exact) mass is 575 g/mol. The van der Waals surface area contributed by atoms with Crippen LogP contribution >= 0.6 is 31.9 Å². The number of aromatic nitrogens is 2. The summed E-state index contributed by atoms with van der Waals surface area (Å²) in [5, 5.41) is 29.2. The predicted molar refractivity (Wildman–Crippen MR) is 123 cm³/mol. The maximum atomic E-state index is 11.6. The van der Waals surface area contributed by atoms with E-state index in [9.17, 15) is 19.5 Å². The third kappa shape index (κ3) is 6.68. The average Bonchev–Trinajstić information content (AvgIpc) is 2.77. The van der Waals surface area contributed by atoms with Gasteiger partial charge in [-0.3, -0.25) is 9.59 Å². The van der Waals surface area contributed by atoms with Gasteiger partial charge < -0.3 is 15.2 Å². The number of hydrogen-bond acceptors (Lipinski definition) is 9. The standard InChI is InChI=1S/C11H10BrN3O3.C10H5BrN2O2/c1-2-18-11(17)10-7(3-4-8(12)15-10)14-9(16)5-6-13;11-8-2-1-5-3-7(14)6(4-12)10(15)9(5)13-8/h3-4H,2,5H2,1H3,(H,14,16);1-2,15H,3H2. The Hall–Kier alpha value is -3.61. The molecular formula is C21H15Br2N5O5. The van der Waals surface area contributed by atoms with Crippen molar-refractivity contribution >= 4 is 61.0 Å². The second-order valence-corrected chi connectivity index (χ2v) is 7.84. The highest BCUT2D eigenvalue weighted by Crippen LogP contribution is 2.27. The summed E-state index contributed by atoms with van der Waals surface area (Å²) in [4.78, 5) is 42.3. The molecule has 1 aliphatic carbocycles. The van der Waals surface area contributed by atoms with E-state index in [1.54, 1.807) is 37.3 Å². The summed E-state index contributed by atoms with van der Waals surface area (Å²) < 4.78 is 5.83. The number of fused-ring (bicyclic) bond motifs is 1. The summed E-state index contributed by atoms with van der Waals surface area (Å²) in [6.45, 7) is 1.88. The Kier molecular flexibility index (Phi) is 9.21. The van der Waals surface area contributed by atoms with Crippen LogP contribution in [-0.4, -0.2) is 39.3 Å². The highest BCUT2D eigenvalue weighted by molar-refractivity contribution is 9.10. The van der Waals surface area contributed by atoms with Gasteiger partial charge in [-0.1, -0.05) is 6.07 Å². The fraction of sp³-hybridized carbons (Fsp3) is 0.190. The first kappa shape index (κ1) is 25.6. The summed E-state index contributed by atoms with van der Waals surface area (Å²) in [5.74, 6) is -1.84. The number of Topliss-reactive ketones (excluding diaryl/α,β-unsaturated/α-hetero) is 1. The normalized spacial score (nSPS) is 11.8. The number of aliphatic hydroxyl groups is 1. The molecule has 3 rings (SSSR count). The fourth-order valence-corrected chi connectivity index (χ4v) is 3.22. The van der Waals surface area contributed by atoms with Crippen molar-refractivity contribution in [3.05, 3.63) is 56.0 Å². The van der Waals surface area contributed by atoms with Crippen molar-refractivity contribution in [1.82, 2.24) is 9.97 Å². The van der Waals surface area contributed by atoms with Gasteiger partial charge in [-0.05, 0) is 62.5 Å². The van der Waals surface area contributed by atoms with Crippen molar-refractivity contribution in [2.45, 2.75) is 19.8 Å². The molecule has 2 N–H and O–H groups in total. The van der Waals surface area contributed by atoms with Gasteiger partial charge in [0.1, 0.15) is 33.0 Å². The third-order valence-corrected chi connectivity index (χ3v) is 4.87. The van der Waals surface area contributed by atoms with Gasteiger partial charge in [0.05, 0.1) is 18.4 Å². The molecule has 0 radical (unpaired) electrons. The third-order valence-electron chi connectivity index (χ3n) is 3.99. The summed E-state index contributed by atoms with van der Waals surface area (Å²) >= 11 is 6.29. The highest BCUT2D eigenvalue weighted by Gasteiger charge is 2.26. The number of ether oxygens (including phenoxy) is 1. The Morgan fingerprint density at radius 3 is 2.48 bits per heavy atom. The van der Waals surface area contributed by atoms with E-state index in [0.717, 1.165) is 0 Å². The van der Waals surface area contributed by atoms with Crippen molar-refractivity contribution in [3.63, 3.8) is 0 Å². The SMILES string of the molecule is CCOC(=O)c1nc(Br)ccc1NC(=O)CC#N.N#CC1=C(O)c2nc(Br)ccc2CC1=O. The lowest BCUT2D eigenvalue weighted by atomic mass is 9.94. The molecule has 0 saturated heterocycles. The van der Waals surface area contributed by atoms with Crippen LogP contribution in [0.5, 0.6) is 0 Å². The Labute approximate surface area is 205 Å². The van der Waals surface area contributed by atoms with E-state index < -0.39 is 11.9 Å². The Morgan fingerprint density at radius 1 is 1.18 bits per heavy atom. The molecule has 0 unspecified atom stereocenters. The molecule has 0 spiro atoms. The van der Waals surface area contributed by atoms with Crippen molar-refractivity contribution in [2.75, 3.05) is 11.9 Å². The number of allylic oxidation sites excluding steroid dienone is 1. The van der Waals surface area contributed by atoms with E-state index in [1.165, 1.54) is 6.07 Å². The number of ketones is 1. The van der Waals surface area contributed by atoms with Gasteiger partial charge in [0, 0.05) is 6.42 Å². The van der Waals surface area contributed by atoms with Crippen molar-refractivity contribution in [2.24, 2.45) is 0 Å². The van der Waals surface area contributed by atoms with Crippen LogP contribution in [0.15, 0.2) is 39.0 Å². The number of nitriles is 2. The number of amides is 1. The van der Waals surface area contributed by atoms with E-state index in [0.29, 0.717) is 20.5 Å². The number of carbonyl (C=O) groups is 3. The highest BCUT2D eigenvalue weighted by atomic mass is 79.9. The molecule has 0 aromatic carbocycles. The topological polar surface area (TPSA) is 166 Å². The minimum absolute atomic E-state index is 0.00230. The lowest BCUT2D eigenvalue weighted by molar-refractivity contribution is -0.115. The zero-order chi connectivity index (χ0) is 24.5. The molecule has 1 aliphatic rings. The van der Waals surface area contributed by atoms with Crippen LogP contribution in [0.1, 0.15) is 35.1 Å². The molecule has 2 heterocycles. The number of aliphatic hydroxyl groups excluding tert-OH is 1. The minimum atomic E-state index is -0.633. The molecule has 2 aromatic rings. The number of halogens is 2. The molecule has 0 atom stereocenters. The number of hydrogen-bond donors (Lipinski definition) is 2. The number of nitrogens with zero attached hydrogens (tertiary/aromatic N) is 4. The molecule has 2 aromatic heterocycles. The van der Waals surface area contributed by atoms with Crippen LogP contribution in [0, 0.1) is 22.7 Å². The molecule has 33 heavy (non-hydrogen) atoms. The second kappa shape index (κ2) is 11.9. The lowest BCUT2D eigenvalue weighted by Gasteiger charge is -2.13. The van der Waals surface area contributed by atoms with Gasteiger partial charge in [0.15, 0.2) is 17.2 Å². The van der Waals surface area contributed by atoms with E-state index in [-0.39, 0.29) is 47.9 Å². The van der Waals surface area contributed by atoms with Crippen molar-refractivity contribution in [1.29, 1.82) is 10.5 Å². The Morgan fingerprint density at radius 2 is 1.85 bits per heavy atom. The van der Waals surface area contributed by atoms with Crippen molar-refractivity contribution in [3.8, 4) is 12.1 Å². The minimum Gasteiger partial charge on any atom is -0.504 e. The summed E-state index contributed by atoms with van der Waals surface area (Å²) in [5.41, 5.74) is 0.947. The first-order valence-corrected chi connectivity index (χ1v) is 10.8. The maximum Gasteiger partial charge on any atom is 0.359 e. The van der Waals surface area contributed by atoms with Gasteiger partial charge in [0.2, 0.25) is 5.91 Å². The molecule has 1 amide bonds. The number of esters is 1. The zero-order valence-electron chi connectivity index (χ0n) is 17.1. The smallest absolute Gasteiger partial charge is 0.359 e. The largest absolute Gasteiger partial charge is 0.504 e. The second-order valence-electron chi connectivity index (χ2n) is 6.21. The number of anilines is 1. The van der Waals surface area contributed by atoms with Gasteiger partial charge in [-0.25, -0.2) is 14.8 Å². The van der Waals surface area contributed by atoms with Crippen LogP contribution in [0.3, 0.4) is 0 Å². The van der Waals surface area contributed by atoms with Crippen molar-refractivity contribution < 1.29 is 24.2 Å². The molecular weight excluding hydrogens is 562 g/mol. The molecule has 168 valence electrons. The maximum absolute atomic E-state index is 11.6. The molecule has 0 aliphatic heterocycles. The summed E-state index contributed by atoms with van der Waals surface area (Å²) in [6.07, 6.45) is -0.180. The van der Waals surface area contributed by atoms with Gasteiger partial charge >= 0.3 is 5.97 Å². The first-order chi connectivity index (χ1) is 15.7. The van der Waals surface area contributed by atoms with E-state index >= 15 is 0 Å². The number of nitrogens with one attached hydrogen (secondary N) is 1. The van der Waals surface area contributed by atoms with Gasteiger partial charge in [-0.15, -0.1) is 0 Å². The zero-order valence-corrected chi connectivity index (χ0v) is 20.2. The fourth-order valence-electron chi connectivity index (χ4n) is 2.60. The van der Waals surface area contributed by atoms with Crippen LogP contribution in [-0.2, 0) is 20.7 Å². The van der Waals surface area contributed by atoms with E-state index in [1.807, 2.05) is 0 Å².